The Morgan fingerprint density at radius 2 is 0.400 bits per heavy atom. The molecule has 0 radical (unpaired) electrons. The lowest BCUT2D eigenvalue weighted by Gasteiger charge is -2.22. The third-order valence-corrected chi connectivity index (χ3v) is 33.2. The van der Waals surface area contributed by atoms with E-state index in [4.69, 9.17) is 9.97 Å². The van der Waals surface area contributed by atoms with Crippen LogP contribution in [0.3, 0.4) is 0 Å². The quantitative estimate of drug-likeness (QED) is 0.130. The van der Waals surface area contributed by atoms with Crippen molar-refractivity contribution in [2.24, 2.45) is 0 Å². The van der Waals surface area contributed by atoms with Crippen molar-refractivity contribution in [1.29, 1.82) is 0 Å². The molecule has 0 unspecified atom stereocenters. The molecule has 0 aliphatic heterocycles. The molecule has 31 rings (SSSR count). The van der Waals surface area contributed by atoms with Crippen molar-refractivity contribution in [3.05, 3.63) is 482 Å². The van der Waals surface area contributed by atoms with Crippen LogP contribution in [0, 0.1) is 0 Å². The van der Waals surface area contributed by atoms with E-state index in [0.717, 1.165) is 94.6 Å². The third-order valence-electron chi connectivity index (χ3n) is 33.2. The molecule has 8 heteroatoms. The van der Waals surface area contributed by atoms with Gasteiger partial charge < -0.3 is 27.4 Å². The van der Waals surface area contributed by atoms with Gasteiger partial charge in [0, 0.05) is 132 Å². The van der Waals surface area contributed by atoms with E-state index in [9.17, 15) is 0 Å². The Hall–Kier alpha value is -18.2. The zero-order valence-electron chi connectivity index (χ0n) is 80.8. The second kappa shape index (κ2) is 29.9. The van der Waals surface area contributed by atoms with E-state index in [-0.39, 0.29) is 16.2 Å². The molecule has 0 spiro atoms. The van der Waals surface area contributed by atoms with Gasteiger partial charge in [-0.05, 0) is 288 Å². The first-order valence-electron chi connectivity index (χ1n) is 50.6. The normalized spacial score (nSPS) is 13.8. The zero-order chi connectivity index (χ0) is 95.9. The second-order valence-corrected chi connectivity index (χ2v) is 41.9. The lowest BCUT2D eigenvalue weighted by Crippen LogP contribution is -2.15. The minimum atomic E-state index is -0.126. The fraction of sp³-hybridized carbons (Fsp3) is 0.0657. The summed E-state index contributed by atoms with van der Waals surface area (Å²) in [6.45, 7) is 14.2. The van der Waals surface area contributed by atoms with E-state index >= 15 is 0 Å². The summed E-state index contributed by atoms with van der Waals surface area (Å²) in [6.07, 6.45) is 0. The fourth-order valence-corrected chi connectivity index (χ4v) is 26.2. The summed E-state index contributed by atoms with van der Waals surface area (Å²) in [5, 5.41) is 15.4. The van der Waals surface area contributed by atoms with Crippen molar-refractivity contribution in [2.75, 3.05) is 0 Å². The minimum Gasteiger partial charge on any atom is -0.309 e. The van der Waals surface area contributed by atoms with E-state index in [0.29, 0.717) is 5.82 Å². The third kappa shape index (κ3) is 11.6. The molecule has 3 aliphatic rings. The molecule has 0 fully saturated rings. The van der Waals surface area contributed by atoms with E-state index in [1.165, 1.54) is 198 Å². The summed E-state index contributed by atoms with van der Waals surface area (Å²) < 4.78 is 14.7. The van der Waals surface area contributed by atoms with Gasteiger partial charge in [-0.25, -0.2) is 9.97 Å². The predicted octanol–water partition coefficient (Wildman–Crippen LogP) is 35.5. The molecule has 21 aromatic carbocycles. The van der Waals surface area contributed by atoms with E-state index in [1.807, 2.05) is 0 Å². The van der Waals surface area contributed by atoms with Crippen molar-refractivity contribution in [3.63, 3.8) is 0 Å². The molecule has 145 heavy (non-hydrogen) atoms. The fourth-order valence-electron chi connectivity index (χ4n) is 26.2. The molecule has 7 aromatic heterocycles. The van der Waals surface area contributed by atoms with Crippen molar-refractivity contribution >= 4 is 142 Å². The molecule has 7 heterocycles. The predicted molar refractivity (Wildman–Crippen MR) is 605 cm³/mol. The van der Waals surface area contributed by atoms with Gasteiger partial charge in [-0.2, -0.15) is 0 Å². The van der Waals surface area contributed by atoms with Gasteiger partial charge in [0.25, 0.3) is 0 Å². The number of hydrogen-bond acceptors (Lipinski definition) is 2. The minimum absolute atomic E-state index is 0.121. The Labute approximate surface area is 836 Å². The van der Waals surface area contributed by atoms with Crippen LogP contribution < -0.4 is 0 Å². The van der Waals surface area contributed by atoms with E-state index in [1.54, 1.807) is 0 Å². The second-order valence-electron chi connectivity index (χ2n) is 41.9. The van der Waals surface area contributed by atoms with E-state index in [2.05, 4.69) is 518 Å². The van der Waals surface area contributed by atoms with Crippen LogP contribution in [-0.4, -0.2) is 37.4 Å². The first-order chi connectivity index (χ1) is 71.1. The standard InChI is InChI=1S/C137H92N8/c1-135(2)114-37-16-7-28-95(114)98-60-56-92(78-117(98)135)143-124-43-22-13-34-104(124)110-74-85(51-67-130(110)143)82-48-64-127-107(71-82)101-31-10-19-40-121(101)140(127)89-54-46-81(47-55-89)133-113-77-91(142-123-42-21-12-33-103(123)109-73-84(50-66-129(109)142)87-53-69-132-112(76-87)106-36-15-24-45-126(106)145(132)94-58-62-100-97-30-9-18-39-116(97)137(5,6)119(100)80-94)59-63-120(113)138-134(139-133)88-26-25-27-90(70-88)141-122-41-20-11-32-102(122)108-72-83(49-65-128(108)141)86-52-68-131-111(75-86)105-35-14-23-44-125(105)144(131)93-57-61-99-96-29-8-17-38-115(96)136(3,4)118(99)79-93/h7-80H,1-6H3. The summed E-state index contributed by atoms with van der Waals surface area (Å²) in [7, 11) is 0. The average Bonchev–Trinajstić information content (AvgIpc) is 1.57. The number of para-hydroxylation sites is 6. The molecule has 0 saturated carbocycles. The number of rotatable bonds is 11. The Morgan fingerprint density at radius 3 is 0.724 bits per heavy atom. The SMILES string of the molecule is CC1(C)c2ccccc2-c2ccc(-n3c4ccccc4c4cc(-c5ccc6c(c5)c5ccccc5n6-c5ccc(-c6nc(-c7cccc(-n8c9ccccc9c9cc(-c%10ccc%11c(c%10)c%10ccccc%10n%11-c%10ccc%11c(c%10)C(C)(C)c%10ccccc%10-%11)ccc98)c7)nc7ccc(-n8c9ccccc9c9cc(-c%10ccc%11c(c%10)c%10ccccc%10n%11-c%10ccc%11c(c%10)C(C)(C)c%10ccccc%10-%11)ccc98)cc67)cc5)ccc43)cc21. The topological polar surface area (TPSA) is 55.4 Å². The Bertz CT molecular complexity index is 10600. The lowest BCUT2D eigenvalue weighted by atomic mass is 9.82. The van der Waals surface area contributed by atoms with Gasteiger partial charge in [-0.1, -0.05) is 302 Å². The lowest BCUT2D eigenvalue weighted by molar-refractivity contribution is 0.660. The molecule has 28 aromatic rings. The molecule has 0 N–H and O–H groups in total. The number of aromatic nitrogens is 8. The number of benzene rings is 21. The maximum atomic E-state index is 5.87. The van der Waals surface area contributed by atoms with Gasteiger partial charge in [0.15, 0.2) is 5.82 Å². The molecule has 3 aliphatic carbocycles. The molecule has 0 atom stereocenters. The van der Waals surface area contributed by atoms with Crippen LogP contribution in [0.2, 0.25) is 0 Å². The largest absolute Gasteiger partial charge is 0.309 e. The van der Waals surface area contributed by atoms with Gasteiger partial charge in [0.2, 0.25) is 0 Å². The highest BCUT2D eigenvalue weighted by Gasteiger charge is 2.40. The maximum absolute atomic E-state index is 5.87. The van der Waals surface area contributed by atoms with Crippen molar-refractivity contribution in [3.8, 4) is 124 Å². The van der Waals surface area contributed by atoms with Crippen LogP contribution in [0.5, 0.6) is 0 Å². The van der Waals surface area contributed by atoms with Crippen molar-refractivity contribution < 1.29 is 0 Å². The Morgan fingerprint density at radius 1 is 0.152 bits per heavy atom. The molecule has 0 saturated heterocycles. The number of nitrogens with zero attached hydrogens (tertiary/aromatic N) is 8. The smallest absolute Gasteiger partial charge is 0.160 e. The monoisotopic (exact) mass is 1850 g/mol. The zero-order valence-corrected chi connectivity index (χ0v) is 80.8. The van der Waals surface area contributed by atoms with Gasteiger partial charge in [-0.15, -0.1) is 0 Å². The molecule has 0 bridgehead atoms. The average molecular weight is 1850 g/mol. The highest BCUT2D eigenvalue weighted by atomic mass is 15.0. The number of hydrogen-bond donors (Lipinski definition) is 0. The van der Waals surface area contributed by atoms with Gasteiger partial charge >= 0.3 is 0 Å². The van der Waals surface area contributed by atoms with Crippen LogP contribution in [0.4, 0.5) is 0 Å². The summed E-state index contributed by atoms with van der Waals surface area (Å²) in [6, 6.07) is 168. The van der Waals surface area contributed by atoms with Crippen LogP contribution in [0.1, 0.15) is 74.9 Å². The molecular formula is C137H92N8. The summed E-state index contributed by atoms with van der Waals surface area (Å²) in [5.41, 5.74) is 46.8. The van der Waals surface area contributed by atoms with Crippen LogP contribution >= 0.6 is 0 Å². The first kappa shape index (κ1) is 81.6. The van der Waals surface area contributed by atoms with Gasteiger partial charge in [0.05, 0.1) is 77.4 Å². The first-order valence-corrected chi connectivity index (χ1v) is 50.6. The molecule has 0 amide bonds. The Kier molecular flexibility index (Phi) is 16.8. The van der Waals surface area contributed by atoms with E-state index < -0.39 is 0 Å². The number of fused-ring (bicyclic) bond motifs is 28. The molecular weight excluding hydrogens is 1760 g/mol. The highest BCUT2D eigenvalue weighted by Crippen LogP contribution is 2.55. The molecule has 8 nitrogen and oxygen atoms in total. The molecule has 680 valence electrons. The van der Waals surface area contributed by atoms with Crippen molar-refractivity contribution in [1.82, 2.24) is 37.4 Å². The summed E-state index contributed by atoms with van der Waals surface area (Å²) >= 11 is 0. The van der Waals surface area contributed by atoms with Crippen LogP contribution in [0.15, 0.2) is 449 Å². The summed E-state index contributed by atoms with van der Waals surface area (Å²) in [4.78, 5) is 11.5. The summed E-state index contributed by atoms with van der Waals surface area (Å²) in [5.74, 6) is 0.634. The van der Waals surface area contributed by atoms with Crippen LogP contribution in [-0.2, 0) is 16.2 Å². The van der Waals surface area contributed by atoms with Crippen molar-refractivity contribution in [2.45, 2.75) is 57.8 Å². The maximum Gasteiger partial charge on any atom is 0.160 e. The highest BCUT2D eigenvalue weighted by molar-refractivity contribution is 6.18. The van der Waals surface area contributed by atoms with Gasteiger partial charge in [-0.3, -0.25) is 0 Å². The van der Waals surface area contributed by atoms with Crippen LogP contribution in [0.25, 0.3) is 265 Å². The van der Waals surface area contributed by atoms with Gasteiger partial charge in [0.1, 0.15) is 0 Å². The Balaban J connectivity index is 0.522.